The Balaban J connectivity index is 1.47. The SMILES string of the molecule is COC(=O)[C@@H](COC(C)(C)C)NC(=O)CC[C@@H](C1CCCCC1)N1Cc2cc(Oc3ccccc3)ncc2N=C1N. The fraction of sp³-hybridized carbons (Fsp3) is 0.548. The topological polar surface area (TPSA) is 128 Å². The van der Waals surface area contributed by atoms with Gasteiger partial charge in [-0.1, -0.05) is 37.5 Å². The number of carbonyl (C=O) groups excluding carboxylic acids is 2. The number of nitrogens with zero attached hydrogens (tertiary/aromatic N) is 3. The highest BCUT2D eigenvalue weighted by Crippen LogP contribution is 2.36. The minimum absolute atomic E-state index is 0.0204. The Bertz CT molecular complexity index is 1210. The fourth-order valence-electron chi connectivity index (χ4n) is 5.45. The molecule has 2 atom stereocenters. The maximum Gasteiger partial charge on any atom is 0.330 e. The first-order valence-electron chi connectivity index (χ1n) is 14.5. The van der Waals surface area contributed by atoms with Crippen LogP contribution in [0.2, 0.25) is 0 Å². The number of nitrogens with two attached hydrogens (primary N) is 1. The van der Waals surface area contributed by atoms with Crippen LogP contribution in [0.3, 0.4) is 0 Å². The highest BCUT2D eigenvalue weighted by atomic mass is 16.5. The van der Waals surface area contributed by atoms with E-state index in [1.807, 2.05) is 57.2 Å². The number of carbonyl (C=O) groups is 2. The summed E-state index contributed by atoms with van der Waals surface area (Å²) >= 11 is 0. The van der Waals surface area contributed by atoms with Gasteiger partial charge < -0.3 is 30.2 Å². The molecule has 1 aliphatic carbocycles. The lowest BCUT2D eigenvalue weighted by atomic mass is 9.81. The molecule has 1 aliphatic heterocycles. The maximum atomic E-state index is 13.1. The van der Waals surface area contributed by atoms with Crippen molar-refractivity contribution < 1.29 is 23.8 Å². The number of ether oxygens (including phenoxy) is 3. The van der Waals surface area contributed by atoms with Gasteiger partial charge in [-0.25, -0.2) is 14.8 Å². The molecule has 2 heterocycles. The summed E-state index contributed by atoms with van der Waals surface area (Å²) in [6, 6.07) is 10.6. The van der Waals surface area contributed by atoms with Gasteiger partial charge in [0.25, 0.3) is 0 Å². The van der Waals surface area contributed by atoms with E-state index in [-0.39, 0.29) is 25.0 Å². The third-order valence-corrected chi connectivity index (χ3v) is 7.54. The minimum atomic E-state index is -0.871. The lowest BCUT2D eigenvalue weighted by Gasteiger charge is -2.41. The predicted molar refractivity (Wildman–Crippen MR) is 157 cm³/mol. The monoisotopic (exact) mass is 565 g/mol. The summed E-state index contributed by atoms with van der Waals surface area (Å²) in [4.78, 5) is 36.6. The highest BCUT2D eigenvalue weighted by Gasteiger charge is 2.33. The second kappa shape index (κ2) is 13.8. The number of rotatable bonds is 11. The molecule has 4 rings (SSSR count). The molecule has 222 valence electrons. The van der Waals surface area contributed by atoms with E-state index >= 15 is 0 Å². The van der Waals surface area contributed by atoms with Crippen molar-refractivity contribution in [1.29, 1.82) is 0 Å². The number of pyridine rings is 1. The third-order valence-electron chi connectivity index (χ3n) is 7.54. The Kier molecular flexibility index (Phi) is 10.2. The first-order valence-corrected chi connectivity index (χ1v) is 14.5. The Hall–Kier alpha value is -3.66. The van der Waals surface area contributed by atoms with E-state index in [2.05, 4.69) is 20.2 Å². The van der Waals surface area contributed by atoms with Crippen molar-refractivity contribution >= 4 is 23.5 Å². The maximum absolute atomic E-state index is 13.1. The van der Waals surface area contributed by atoms with E-state index in [1.165, 1.54) is 13.5 Å². The summed E-state index contributed by atoms with van der Waals surface area (Å²) in [6.45, 7) is 6.28. The van der Waals surface area contributed by atoms with Gasteiger partial charge in [-0.15, -0.1) is 0 Å². The minimum Gasteiger partial charge on any atom is -0.467 e. The number of nitrogens with one attached hydrogen (secondary N) is 1. The number of benzene rings is 1. The van der Waals surface area contributed by atoms with Crippen molar-refractivity contribution in [3.63, 3.8) is 0 Å². The molecule has 0 radical (unpaired) electrons. The van der Waals surface area contributed by atoms with Crippen molar-refractivity contribution in [2.75, 3.05) is 13.7 Å². The number of methoxy groups -OCH3 is 1. The Morgan fingerprint density at radius 1 is 1.15 bits per heavy atom. The molecule has 1 aromatic heterocycles. The molecule has 0 saturated heterocycles. The van der Waals surface area contributed by atoms with Crippen LogP contribution in [0.1, 0.15) is 71.3 Å². The summed E-state index contributed by atoms with van der Waals surface area (Å²) in [5.74, 6) is 1.25. The summed E-state index contributed by atoms with van der Waals surface area (Å²) in [5, 5.41) is 2.82. The molecule has 0 bridgehead atoms. The number of amides is 1. The lowest BCUT2D eigenvalue weighted by molar-refractivity contribution is -0.148. The van der Waals surface area contributed by atoms with Crippen LogP contribution in [0.15, 0.2) is 47.6 Å². The largest absolute Gasteiger partial charge is 0.467 e. The zero-order valence-electron chi connectivity index (χ0n) is 24.6. The summed E-state index contributed by atoms with van der Waals surface area (Å²) < 4.78 is 16.6. The molecule has 1 saturated carbocycles. The lowest BCUT2D eigenvalue weighted by Crippen LogP contribution is -2.50. The number of hydrogen-bond acceptors (Lipinski definition) is 9. The number of esters is 1. The quantitative estimate of drug-likeness (QED) is 0.371. The van der Waals surface area contributed by atoms with E-state index < -0.39 is 17.6 Å². The second-order valence-electron chi connectivity index (χ2n) is 11.7. The van der Waals surface area contributed by atoms with Crippen LogP contribution in [-0.2, 0) is 25.6 Å². The Labute approximate surface area is 242 Å². The molecular weight excluding hydrogens is 522 g/mol. The van der Waals surface area contributed by atoms with Gasteiger partial charge in [-0.2, -0.15) is 0 Å². The van der Waals surface area contributed by atoms with E-state index in [9.17, 15) is 9.59 Å². The van der Waals surface area contributed by atoms with Gasteiger partial charge >= 0.3 is 5.97 Å². The van der Waals surface area contributed by atoms with Crippen LogP contribution in [0.25, 0.3) is 0 Å². The number of hydrogen-bond donors (Lipinski definition) is 2. The second-order valence-corrected chi connectivity index (χ2v) is 11.7. The third kappa shape index (κ3) is 8.66. The van der Waals surface area contributed by atoms with Gasteiger partial charge in [0.05, 0.1) is 31.2 Å². The van der Waals surface area contributed by atoms with Crippen molar-refractivity contribution in [2.24, 2.45) is 16.6 Å². The molecule has 2 aliphatic rings. The number of guanidine groups is 1. The van der Waals surface area contributed by atoms with Gasteiger partial charge in [0.15, 0.2) is 12.0 Å². The van der Waals surface area contributed by atoms with Gasteiger partial charge in [0.1, 0.15) is 5.75 Å². The van der Waals surface area contributed by atoms with Gasteiger partial charge in [0, 0.05) is 30.6 Å². The van der Waals surface area contributed by atoms with Gasteiger partial charge in [-0.3, -0.25) is 4.79 Å². The number of fused-ring (bicyclic) bond motifs is 1. The fourth-order valence-corrected chi connectivity index (χ4v) is 5.45. The van der Waals surface area contributed by atoms with Crippen LogP contribution in [0.5, 0.6) is 11.6 Å². The Morgan fingerprint density at radius 3 is 2.56 bits per heavy atom. The van der Waals surface area contributed by atoms with Crippen LogP contribution in [0, 0.1) is 5.92 Å². The van der Waals surface area contributed by atoms with Crippen molar-refractivity contribution in [2.45, 2.75) is 89.9 Å². The summed E-state index contributed by atoms with van der Waals surface area (Å²) in [6.07, 6.45) is 8.18. The smallest absolute Gasteiger partial charge is 0.330 e. The molecule has 41 heavy (non-hydrogen) atoms. The van der Waals surface area contributed by atoms with E-state index in [1.54, 1.807) is 6.20 Å². The first-order chi connectivity index (χ1) is 19.6. The van der Waals surface area contributed by atoms with Crippen LogP contribution in [-0.4, -0.2) is 59.1 Å². The van der Waals surface area contributed by atoms with E-state index in [0.29, 0.717) is 36.5 Å². The molecule has 0 spiro atoms. The van der Waals surface area contributed by atoms with E-state index in [0.717, 1.165) is 36.9 Å². The molecular formula is C31H43N5O5. The number of aromatic nitrogens is 1. The van der Waals surface area contributed by atoms with Crippen molar-refractivity contribution in [1.82, 2.24) is 15.2 Å². The normalized spacial score (nSPS) is 17.2. The van der Waals surface area contributed by atoms with Crippen LogP contribution >= 0.6 is 0 Å². The average Bonchev–Trinajstić information content (AvgIpc) is 2.96. The van der Waals surface area contributed by atoms with Crippen molar-refractivity contribution in [3.8, 4) is 11.6 Å². The molecule has 1 fully saturated rings. The Morgan fingerprint density at radius 2 is 1.88 bits per heavy atom. The van der Waals surface area contributed by atoms with Crippen LogP contribution < -0.4 is 15.8 Å². The summed E-state index contributed by atoms with van der Waals surface area (Å²) in [7, 11) is 1.31. The molecule has 10 nitrogen and oxygen atoms in total. The molecule has 0 unspecified atom stereocenters. The molecule has 1 aromatic carbocycles. The van der Waals surface area contributed by atoms with Gasteiger partial charge in [0.2, 0.25) is 11.8 Å². The van der Waals surface area contributed by atoms with Gasteiger partial charge in [-0.05, 0) is 58.1 Å². The zero-order chi connectivity index (χ0) is 29.4. The first kappa shape index (κ1) is 30.3. The highest BCUT2D eigenvalue weighted by molar-refractivity contribution is 5.85. The molecule has 2 aromatic rings. The van der Waals surface area contributed by atoms with Crippen molar-refractivity contribution in [3.05, 3.63) is 48.2 Å². The molecule has 3 N–H and O–H groups in total. The van der Waals surface area contributed by atoms with E-state index in [4.69, 9.17) is 19.9 Å². The average molecular weight is 566 g/mol. The van der Waals surface area contributed by atoms with Crippen LogP contribution in [0.4, 0.5) is 5.69 Å². The predicted octanol–water partition coefficient (Wildman–Crippen LogP) is 4.84. The number of para-hydroxylation sites is 1. The standard InChI is InChI=1S/C31H43N5O5/c1-31(2,3)40-20-25(29(38)39-4)34-27(37)16-15-26(21-11-7-5-8-12-21)36-19-22-17-28(33-18-24(22)35-30(36)32)41-23-13-9-6-10-14-23/h6,9-10,13-14,17-18,21,25-26H,5,7-8,11-12,15-16,19-20H2,1-4H3,(H2,32,35)(H,34,37)/t25-,26+/m1/s1. The molecule has 10 heteroatoms. The zero-order valence-corrected chi connectivity index (χ0v) is 24.6. The number of aliphatic imine (C=N–C) groups is 1. The molecule has 1 amide bonds. The summed E-state index contributed by atoms with van der Waals surface area (Å²) in [5.41, 5.74) is 7.76.